The summed E-state index contributed by atoms with van der Waals surface area (Å²) in [7, 11) is 0. The van der Waals surface area contributed by atoms with Gasteiger partial charge in [-0.05, 0) is 73.7 Å². The number of carbonyl (C=O) groups is 1. The molecule has 2 heterocycles. The minimum Gasteiger partial charge on any atom is -0.493 e. The van der Waals surface area contributed by atoms with E-state index >= 15 is 0 Å². The fourth-order valence-electron chi connectivity index (χ4n) is 4.49. The number of nitrogens with zero attached hydrogens (tertiary/aromatic N) is 2. The Bertz CT molecular complexity index is 892. The molecule has 1 N–H and O–H groups in total. The molecule has 0 saturated carbocycles. The van der Waals surface area contributed by atoms with Gasteiger partial charge in [0, 0.05) is 31.6 Å². The smallest absolute Gasteiger partial charge is 0.254 e. The summed E-state index contributed by atoms with van der Waals surface area (Å²) in [5, 5.41) is 9.54. The zero-order valence-corrected chi connectivity index (χ0v) is 18.6. The van der Waals surface area contributed by atoms with Crippen LogP contribution < -0.4 is 4.74 Å². The van der Waals surface area contributed by atoms with E-state index in [-0.39, 0.29) is 12.0 Å². The molecule has 2 aliphatic rings. The van der Waals surface area contributed by atoms with Gasteiger partial charge in [0.1, 0.15) is 5.75 Å². The molecule has 0 radical (unpaired) electrons. The number of hydrogen-bond donors (Lipinski definition) is 1. The van der Waals surface area contributed by atoms with Crippen LogP contribution in [0.5, 0.6) is 5.75 Å². The zero-order valence-electron chi connectivity index (χ0n) is 18.6. The Balaban J connectivity index is 1.59. The summed E-state index contributed by atoms with van der Waals surface area (Å²) >= 11 is 0. The highest BCUT2D eigenvalue weighted by Crippen LogP contribution is 2.26. The van der Waals surface area contributed by atoms with Gasteiger partial charge in [-0.3, -0.25) is 9.69 Å². The second-order valence-electron chi connectivity index (χ2n) is 8.87. The van der Waals surface area contributed by atoms with Crippen molar-refractivity contribution in [3.8, 4) is 5.75 Å². The molecule has 1 amide bonds. The van der Waals surface area contributed by atoms with E-state index in [1.165, 1.54) is 24.0 Å². The van der Waals surface area contributed by atoms with Crippen LogP contribution in [0.3, 0.4) is 0 Å². The predicted octanol–water partition coefficient (Wildman–Crippen LogP) is 3.87. The molecule has 4 rings (SSSR count). The number of likely N-dealkylation sites (tertiary alicyclic amines) is 1. The normalized spacial score (nSPS) is 18.5. The van der Waals surface area contributed by atoms with E-state index in [9.17, 15) is 9.90 Å². The van der Waals surface area contributed by atoms with Gasteiger partial charge in [0.15, 0.2) is 0 Å². The van der Waals surface area contributed by atoms with Gasteiger partial charge in [0.2, 0.25) is 0 Å². The molecule has 1 saturated heterocycles. The van der Waals surface area contributed by atoms with Crippen LogP contribution in [0.25, 0.3) is 0 Å². The molecule has 1 fully saturated rings. The van der Waals surface area contributed by atoms with Gasteiger partial charge in [-0.2, -0.15) is 0 Å². The highest BCUT2D eigenvalue weighted by molar-refractivity contribution is 5.95. The standard InChI is InChI=1S/C26H34N2O3/c1-2-11-27-12-4-3-5-13-31-25-10-9-22(26(30)28-18-24(29)19-28)16-23(25)15-20-7-6-8-21(14-20)17-27/h6-10,14,16,24,29H,2-5,11-13,15,17-19H2,1H3. The van der Waals surface area contributed by atoms with Crippen LogP contribution >= 0.6 is 0 Å². The van der Waals surface area contributed by atoms with Crippen molar-refractivity contribution in [2.45, 2.75) is 51.7 Å². The monoisotopic (exact) mass is 422 g/mol. The fourth-order valence-corrected chi connectivity index (χ4v) is 4.49. The van der Waals surface area contributed by atoms with Crippen molar-refractivity contribution in [1.29, 1.82) is 0 Å². The summed E-state index contributed by atoms with van der Waals surface area (Å²) in [6, 6.07) is 14.6. The van der Waals surface area contributed by atoms with Gasteiger partial charge < -0.3 is 14.7 Å². The van der Waals surface area contributed by atoms with E-state index in [0.717, 1.165) is 50.2 Å². The molecule has 2 aromatic rings. The van der Waals surface area contributed by atoms with Gasteiger partial charge in [-0.25, -0.2) is 0 Å². The number of amides is 1. The van der Waals surface area contributed by atoms with Gasteiger partial charge in [0.25, 0.3) is 5.91 Å². The number of rotatable bonds is 3. The van der Waals surface area contributed by atoms with Crippen LogP contribution in [0.4, 0.5) is 0 Å². The van der Waals surface area contributed by atoms with Crippen LogP contribution in [0.2, 0.25) is 0 Å². The number of fused-ring (bicyclic) bond motifs is 3. The molecule has 2 bridgehead atoms. The molecule has 166 valence electrons. The molecule has 0 unspecified atom stereocenters. The third-order valence-electron chi connectivity index (χ3n) is 6.17. The molecular formula is C26H34N2O3. The van der Waals surface area contributed by atoms with Crippen molar-refractivity contribution >= 4 is 5.91 Å². The van der Waals surface area contributed by atoms with Crippen molar-refractivity contribution in [3.05, 3.63) is 64.7 Å². The highest BCUT2D eigenvalue weighted by atomic mass is 16.5. The van der Waals surface area contributed by atoms with Gasteiger partial charge in [-0.15, -0.1) is 0 Å². The number of β-amino-alcohol motifs (C(OH)–C–C–N with tert-alkyl or cyclic N) is 1. The quantitative estimate of drug-likeness (QED) is 0.816. The number of benzene rings is 2. The molecule has 0 aliphatic carbocycles. The number of aliphatic hydroxyl groups is 1. The SMILES string of the molecule is CCCN1CCCCCOc2ccc(C(=O)N3CC(O)C3)cc2Cc2cccc(c2)C1. The number of ether oxygens (including phenoxy) is 1. The molecule has 5 nitrogen and oxygen atoms in total. The molecule has 5 heteroatoms. The van der Waals surface area contributed by atoms with Gasteiger partial charge in [-0.1, -0.05) is 31.2 Å². The van der Waals surface area contributed by atoms with E-state index in [4.69, 9.17) is 4.74 Å². The number of hydrogen-bond acceptors (Lipinski definition) is 4. The predicted molar refractivity (Wildman–Crippen MR) is 123 cm³/mol. The average molecular weight is 423 g/mol. The maximum absolute atomic E-state index is 12.8. The molecule has 2 aromatic carbocycles. The topological polar surface area (TPSA) is 53.0 Å². The molecule has 0 aromatic heterocycles. The van der Waals surface area contributed by atoms with E-state index < -0.39 is 0 Å². The Morgan fingerprint density at radius 3 is 2.74 bits per heavy atom. The lowest BCUT2D eigenvalue weighted by Gasteiger charge is -2.36. The van der Waals surface area contributed by atoms with E-state index in [1.54, 1.807) is 4.90 Å². The Hall–Kier alpha value is -2.37. The first-order valence-corrected chi connectivity index (χ1v) is 11.7. The van der Waals surface area contributed by atoms with E-state index in [2.05, 4.69) is 36.1 Å². The molecule has 31 heavy (non-hydrogen) atoms. The van der Waals surface area contributed by atoms with Crippen molar-refractivity contribution in [3.63, 3.8) is 0 Å². The van der Waals surface area contributed by atoms with Crippen LogP contribution in [0.1, 0.15) is 59.7 Å². The zero-order chi connectivity index (χ0) is 21.6. The number of carbonyl (C=O) groups excluding carboxylic acids is 1. The maximum atomic E-state index is 12.8. The van der Waals surface area contributed by atoms with Gasteiger partial charge >= 0.3 is 0 Å². The summed E-state index contributed by atoms with van der Waals surface area (Å²) in [4.78, 5) is 17.0. The van der Waals surface area contributed by atoms with Crippen LogP contribution in [0, 0.1) is 0 Å². The van der Waals surface area contributed by atoms with Crippen molar-refractivity contribution < 1.29 is 14.6 Å². The Kier molecular flexibility index (Phi) is 7.25. The summed E-state index contributed by atoms with van der Waals surface area (Å²) in [5.74, 6) is 0.853. The molecular weight excluding hydrogens is 388 g/mol. The lowest BCUT2D eigenvalue weighted by molar-refractivity contribution is 0.00588. The van der Waals surface area contributed by atoms with Crippen LogP contribution in [-0.2, 0) is 13.0 Å². The maximum Gasteiger partial charge on any atom is 0.254 e. The van der Waals surface area contributed by atoms with Gasteiger partial charge in [0.05, 0.1) is 12.7 Å². The average Bonchev–Trinajstić information content (AvgIpc) is 2.74. The first-order chi connectivity index (χ1) is 15.1. The molecule has 0 spiro atoms. The fraction of sp³-hybridized carbons (Fsp3) is 0.500. The van der Waals surface area contributed by atoms with Crippen LogP contribution in [-0.4, -0.2) is 59.7 Å². The largest absolute Gasteiger partial charge is 0.493 e. The summed E-state index contributed by atoms with van der Waals surface area (Å²) in [6.45, 7) is 7.02. The molecule has 2 aliphatic heterocycles. The first-order valence-electron chi connectivity index (χ1n) is 11.7. The van der Waals surface area contributed by atoms with E-state index in [1.807, 2.05) is 18.2 Å². The Labute approximate surface area is 185 Å². The Morgan fingerprint density at radius 2 is 1.94 bits per heavy atom. The third kappa shape index (κ3) is 5.66. The molecule has 0 atom stereocenters. The van der Waals surface area contributed by atoms with Crippen molar-refractivity contribution in [1.82, 2.24) is 9.80 Å². The first kappa shape index (κ1) is 21.8. The van der Waals surface area contributed by atoms with Crippen LogP contribution in [0.15, 0.2) is 42.5 Å². The summed E-state index contributed by atoms with van der Waals surface area (Å²) in [6.07, 6.45) is 4.90. The number of aliphatic hydroxyl groups excluding tert-OH is 1. The lowest BCUT2D eigenvalue weighted by Crippen LogP contribution is -2.53. The Morgan fingerprint density at radius 1 is 1.10 bits per heavy atom. The summed E-state index contributed by atoms with van der Waals surface area (Å²) in [5.41, 5.74) is 4.29. The minimum absolute atomic E-state index is 0.0172. The second kappa shape index (κ2) is 10.3. The highest BCUT2D eigenvalue weighted by Gasteiger charge is 2.29. The minimum atomic E-state index is -0.389. The summed E-state index contributed by atoms with van der Waals surface area (Å²) < 4.78 is 6.15. The third-order valence-corrected chi connectivity index (χ3v) is 6.17. The van der Waals surface area contributed by atoms with Crippen molar-refractivity contribution in [2.75, 3.05) is 32.8 Å². The van der Waals surface area contributed by atoms with Crippen molar-refractivity contribution in [2.24, 2.45) is 0 Å². The lowest BCUT2D eigenvalue weighted by atomic mass is 9.98. The second-order valence-corrected chi connectivity index (χ2v) is 8.87. The van der Waals surface area contributed by atoms with E-state index in [0.29, 0.717) is 25.3 Å².